The van der Waals surface area contributed by atoms with E-state index in [1.165, 1.54) is 44.9 Å². The number of hydrogen-bond acceptors (Lipinski definition) is 2. The van der Waals surface area contributed by atoms with Gasteiger partial charge in [-0.15, -0.1) is 0 Å². The molecule has 1 fully saturated rings. The molecule has 1 aliphatic rings. The largest absolute Gasteiger partial charge is 0.396 e. The van der Waals surface area contributed by atoms with Gasteiger partial charge in [0, 0.05) is 13.2 Å². The van der Waals surface area contributed by atoms with Gasteiger partial charge in [0.05, 0.1) is 0 Å². The number of aliphatic hydroxyl groups is 2. The number of aliphatic hydroxyl groups excluding tert-OH is 2. The highest BCUT2D eigenvalue weighted by Gasteiger charge is 2.25. The van der Waals surface area contributed by atoms with Crippen molar-refractivity contribution in [3.05, 3.63) is 0 Å². The minimum atomic E-state index is 0.349. The third-order valence-electron chi connectivity index (χ3n) is 3.78. The molecule has 2 atom stereocenters. The number of rotatable bonds is 8. The highest BCUT2D eigenvalue weighted by atomic mass is 16.3. The molecular weight excluding hydrogens is 188 g/mol. The van der Waals surface area contributed by atoms with Crippen LogP contribution in [-0.4, -0.2) is 23.4 Å². The Morgan fingerprint density at radius 2 is 1.20 bits per heavy atom. The van der Waals surface area contributed by atoms with Gasteiger partial charge in [-0.2, -0.15) is 0 Å². The van der Waals surface area contributed by atoms with Crippen molar-refractivity contribution in [1.82, 2.24) is 0 Å². The summed E-state index contributed by atoms with van der Waals surface area (Å²) in [4.78, 5) is 0. The second-order valence-corrected chi connectivity index (χ2v) is 4.89. The fraction of sp³-hybridized carbons (Fsp3) is 1.00. The topological polar surface area (TPSA) is 40.5 Å². The quantitative estimate of drug-likeness (QED) is 0.610. The molecule has 0 aliphatic heterocycles. The lowest BCUT2D eigenvalue weighted by molar-refractivity contribution is 0.256. The van der Waals surface area contributed by atoms with Crippen LogP contribution in [0.1, 0.15) is 57.8 Å². The number of hydrogen-bond donors (Lipinski definition) is 2. The highest BCUT2D eigenvalue weighted by molar-refractivity contribution is 4.77. The molecular formula is C13H26O2. The summed E-state index contributed by atoms with van der Waals surface area (Å²) < 4.78 is 0. The van der Waals surface area contributed by atoms with Crippen molar-refractivity contribution in [2.75, 3.05) is 13.2 Å². The van der Waals surface area contributed by atoms with Crippen LogP contribution in [0, 0.1) is 11.8 Å². The van der Waals surface area contributed by atoms with Crippen molar-refractivity contribution >= 4 is 0 Å². The second-order valence-electron chi connectivity index (χ2n) is 4.89. The Labute approximate surface area is 93.7 Å². The van der Waals surface area contributed by atoms with Crippen molar-refractivity contribution < 1.29 is 10.2 Å². The molecule has 0 aromatic carbocycles. The smallest absolute Gasteiger partial charge is 0.0431 e. The fourth-order valence-corrected chi connectivity index (χ4v) is 2.91. The van der Waals surface area contributed by atoms with Gasteiger partial charge in [-0.1, -0.05) is 44.9 Å². The van der Waals surface area contributed by atoms with Crippen molar-refractivity contribution in [2.45, 2.75) is 57.8 Å². The molecule has 1 rings (SSSR count). The van der Waals surface area contributed by atoms with E-state index < -0.39 is 0 Å². The molecule has 0 aromatic heterocycles. The lowest BCUT2D eigenvalue weighted by Crippen LogP contribution is -2.08. The van der Waals surface area contributed by atoms with Crippen molar-refractivity contribution in [3.8, 4) is 0 Å². The van der Waals surface area contributed by atoms with Gasteiger partial charge in [0.2, 0.25) is 0 Å². The predicted molar refractivity (Wildman–Crippen MR) is 62.7 cm³/mol. The third kappa shape index (κ3) is 4.98. The van der Waals surface area contributed by atoms with Crippen LogP contribution in [0.2, 0.25) is 0 Å². The molecule has 1 aliphatic carbocycles. The molecule has 0 bridgehead atoms. The average Bonchev–Trinajstić information content (AvgIpc) is 2.67. The van der Waals surface area contributed by atoms with Gasteiger partial charge < -0.3 is 10.2 Å². The van der Waals surface area contributed by atoms with Crippen LogP contribution in [-0.2, 0) is 0 Å². The van der Waals surface area contributed by atoms with Gasteiger partial charge in [-0.3, -0.25) is 0 Å². The van der Waals surface area contributed by atoms with E-state index in [0.717, 1.165) is 24.7 Å². The molecule has 0 saturated heterocycles. The van der Waals surface area contributed by atoms with Gasteiger partial charge in [0.1, 0.15) is 0 Å². The van der Waals surface area contributed by atoms with Gasteiger partial charge in [0.15, 0.2) is 0 Å². The van der Waals surface area contributed by atoms with Crippen LogP contribution in [0.4, 0.5) is 0 Å². The molecule has 2 N–H and O–H groups in total. The summed E-state index contributed by atoms with van der Waals surface area (Å²) in [6.07, 6.45) is 11.1. The van der Waals surface area contributed by atoms with Crippen molar-refractivity contribution in [3.63, 3.8) is 0 Å². The van der Waals surface area contributed by atoms with Crippen molar-refractivity contribution in [2.24, 2.45) is 11.8 Å². The predicted octanol–water partition coefficient (Wildman–Crippen LogP) is 2.73. The van der Waals surface area contributed by atoms with E-state index >= 15 is 0 Å². The summed E-state index contributed by atoms with van der Waals surface area (Å²) in [6.45, 7) is 0.698. The summed E-state index contributed by atoms with van der Waals surface area (Å²) >= 11 is 0. The SMILES string of the molecule is OCCCCC1CCCC1CCCCO. The monoisotopic (exact) mass is 214 g/mol. The minimum absolute atomic E-state index is 0.349. The molecule has 90 valence electrons. The van der Waals surface area contributed by atoms with Gasteiger partial charge in [-0.05, 0) is 24.7 Å². The standard InChI is InChI=1S/C13H26O2/c14-10-3-1-6-12-8-5-9-13(12)7-2-4-11-15/h12-15H,1-11H2. The van der Waals surface area contributed by atoms with E-state index in [1.807, 2.05) is 0 Å². The molecule has 0 heterocycles. The summed E-state index contributed by atoms with van der Waals surface area (Å²) in [5, 5.41) is 17.5. The first kappa shape index (κ1) is 13.0. The minimum Gasteiger partial charge on any atom is -0.396 e. The van der Waals surface area contributed by atoms with Crippen LogP contribution in [0.15, 0.2) is 0 Å². The lowest BCUT2D eigenvalue weighted by atomic mass is 9.87. The molecule has 2 nitrogen and oxygen atoms in total. The Balaban J connectivity index is 2.11. The first-order chi connectivity index (χ1) is 7.38. The molecule has 0 spiro atoms. The van der Waals surface area contributed by atoms with Gasteiger partial charge >= 0.3 is 0 Å². The van der Waals surface area contributed by atoms with Gasteiger partial charge in [0.25, 0.3) is 0 Å². The molecule has 0 amide bonds. The zero-order valence-corrected chi connectivity index (χ0v) is 9.83. The second kappa shape index (κ2) is 8.12. The number of unbranched alkanes of at least 4 members (excludes halogenated alkanes) is 2. The molecule has 0 radical (unpaired) electrons. The zero-order chi connectivity index (χ0) is 10.9. The van der Waals surface area contributed by atoms with E-state index in [9.17, 15) is 0 Å². The van der Waals surface area contributed by atoms with Crippen molar-refractivity contribution in [1.29, 1.82) is 0 Å². The Hall–Kier alpha value is -0.0800. The molecule has 1 saturated carbocycles. The maximum atomic E-state index is 8.75. The van der Waals surface area contributed by atoms with E-state index in [-0.39, 0.29) is 0 Å². The molecule has 15 heavy (non-hydrogen) atoms. The van der Waals surface area contributed by atoms with E-state index in [2.05, 4.69) is 0 Å². The van der Waals surface area contributed by atoms with E-state index in [4.69, 9.17) is 10.2 Å². The third-order valence-corrected chi connectivity index (χ3v) is 3.78. The van der Waals surface area contributed by atoms with Gasteiger partial charge in [-0.25, -0.2) is 0 Å². The Morgan fingerprint density at radius 1 is 0.733 bits per heavy atom. The average molecular weight is 214 g/mol. The summed E-state index contributed by atoms with van der Waals surface area (Å²) in [5.41, 5.74) is 0. The van der Waals surface area contributed by atoms with Crippen LogP contribution in [0.25, 0.3) is 0 Å². The van der Waals surface area contributed by atoms with E-state index in [1.54, 1.807) is 0 Å². The highest BCUT2D eigenvalue weighted by Crippen LogP contribution is 2.38. The summed E-state index contributed by atoms with van der Waals surface area (Å²) in [6, 6.07) is 0. The maximum Gasteiger partial charge on any atom is 0.0431 e. The Bertz CT molecular complexity index is 131. The summed E-state index contributed by atoms with van der Waals surface area (Å²) in [7, 11) is 0. The normalized spacial score (nSPS) is 26.0. The van der Waals surface area contributed by atoms with E-state index in [0.29, 0.717) is 13.2 Å². The molecule has 0 aromatic rings. The van der Waals surface area contributed by atoms with Crippen LogP contribution in [0.5, 0.6) is 0 Å². The summed E-state index contributed by atoms with van der Waals surface area (Å²) in [5.74, 6) is 1.82. The first-order valence-electron chi connectivity index (χ1n) is 6.60. The van der Waals surface area contributed by atoms with Crippen LogP contribution in [0.3, 0.4) is 0 Å². The zero-order valence-electron chi connectivity index (χ0n) is 9.83. The maximum absolute atomic E-state index is 8.75. The Morgan fingerprint density at radius 3 is 1.60 bits per heavy atom. The molecule has 2 heteroatoms. The fourth-order valence-electron chi connectivity index (χ4n) is 2.91. The van der Waals surface area contributed by atoms with Crippen LogP contribution >= 0.6 is 0 Å². The first-order valence-corrected chi connectivity index (χ1v) is 6.60. The molecule has 2 unspecified atom stereocenters. The Kier molecular flexibility index (Phi) is 7.03. The lowest BCUT2D eigenvalue weighted by Gasteiger charge is -2.19. The van der Waals surface area contributed by atoms with Crippen LogP contribution < -0.4 is 0 Å².